The molecule has 0 saturated carbocycles. The second kappa shape index (κ2) is 10.7. The Labute approximate surface area is 183 Å². The monoisotopic (exact) mass is 421 g/mol. The smallest absolute Gasteiger partial charge is 0.255 e. The zero-order chi connectivity index (χ0) is 21.3. The minimum absolute atomic E-state index is 0.00612. The molecule has 2 aromatic carbocycles. The summed E-state index contributed by atoms with van der Waals surface area (Å²) in [5, 5.41) is 5.79. The summed E-state index contributed by atoms with van der Waals surface area (Å²) < 4.78 is 0. The van der Waals surface area contributed by atoms with Crippen LogP contribution in [0, 0.1) is 6.92 Å². The lowest BCUT2D eigenvalue weighted by molar-refractivity contribution is -0.115. The summed E-state index contributed by atoms with van der Waals surface area (Å²) in [7, 11) is 0. The van der Waals surface area contributed by atoms with Crippen LogP contribution in [0.5, 0.6) is 0 Å². The van der Waals surface area contributed by atoms with Crippen molar-refractivity contribution in [3.8, 4) is 0 Å². The maximum atomic E-state index is 13.0. The number of hydrogen-bond acceptors (Lipinski definition) is 3. The zero-order valence-electron chi connectivity index (χ0n) is 17.2. The average molecular weight is 422 g/mol. The number of carbonyl (C=O) groups is 2. The predicted molar refractivity (Wildman–Crippen MR) is 125 cm³/mol. The number of hydrogen-bond donors (Lipinski definition) is 2. The molecular weight excluding hydrogens is 394 g/mol. The topological polar surface area (TPSA) is 61.4 Å². The summed E-state index contributed by atoms with van der Waals surface area (Å²) in [6.07, 6.45) is 7.55. The number of amides is 2. The normalized spacial score (nSPS) is 14.2. The summed E-state index contributed by atoms with van der Waals surface area (Å²) in [5.41, 5.74) is 3.25. The number of para-hydroxylation sites is 1. The van der Waals surface area contributed by atoms with Crippen molar-refractivity contribution in [3.63, 3.8) is 0 Å². The molecule has 2 N–H and O–H groups in total. The van der Waals surface area contributed by atoms with Crippen LogP contribution in [0.4, 0.5) is 5.69 Å². The van der Waals surface area contributed by atoms with E-state index in [1.165, 1.54) is 6.08 Å². The van der Waals surface area contributed by atoms with Crippen molar-refractivity contribution in [1.29, 1.82) is 0 Å². The number of thiocarbonyl (C=S) groups is 1. The molecule has 2 amide bonds. The molecule has 0 atom stereocenters. The Hall–Kier alpha value is -2.99. The van der Waals surface area contributed by atoms with Crippen molar-refractivity contribution in [1.82, 2.24) is 10.2 Å². The highest BCUT2D eigenvalue weighted by molar-refractivity contribution is 7.80. The molecule has 156 valence electrons. The van der Waals surface area contributed by atoms with Crippen LogP contribution in [0.3, 0.4) is 0 Å². The largest absolute Gasteiger partial charge is 0.339 e. The van der Waals surface area contributed by atoms with Gasteiger partial charge in [0, 0.05) is 19.2 Å². The zero-order valence-corrected chi connectivity index (χ0v) is 18.0. The second-order valence-electron chi connectivity index (χ2n) is 7.44. The third-order valence-electron chi connectivity index (χ3n) is 5.04. The molecule has 0 bridgehead atoms. The number of carbonyl (C=O) groups excluding carboxylic acids is 2. The first-order valence-corrected chi connectivity index (χ1v) is 10.7. The summed E-state index contributed by atoms with van der Waals surface area (Å²) in [6, 6.07) is 15.1. The molecule has 1 fully saturated rings. The SMILES string of the molecule is Cc1ccc(C=CC(=O)NC(=S)Nc2ccccc2C(=O)N2CCCCCC2)cc1. The van der Waals surface area contributed by atoms with Crippen LogP contribution < -0.4 is 10.6 Å². The fraction of sp³-hybridized carbons (Fsp3) is 0.292. The van der Waals surface area contributed by atoms with Crippen molar-refractivity contribution in [3.05, 3.63) is 71.3 Å². The number of anilines is 1. The molecule has 0 unspecified atom stereocenters. The van der Waals surface area contributed by atoms with E-state index in [0.29, 0.717) is 11.3 Å². The molecular formula is C24H27N3O2S. The molecule has 6 heteroatoms. The van der Waals surface area contributed by atoms with E-state index >= 15 is 0 Å². The van der Waals surface area contributed by atoms with E-state index in [9.17, 15) is 9.59 Å². The standard InChI is InChI=1S/C24H27N3O2S/c1-18-10-12-19(13-11-18)14-15-22(28)26-24(30)25-21-9-5-4-8-20(21)23(29)27-16-6-2-3-7-17-27/h4-5,8-15H,2-3,6-7,16-17H2,1H3,(H2,25,26,28,30). The number of benzene rings is 2. The number of nitrogens with one attached hydrogen (secondary N) is 2. The molecule has 0 aliphatic carbocycles. The van der Waals surface area contributed by atoms with Gasteiger partial charge < -0.3 is 10.2 Å². The van der Waals surface area contributed by atoms with Gasteiger partial charge in [0.15, 0.2) is 5.11 Å². The van der Waals surface area contributed by atoms with E-state index in [0.717, 1.165) is 49.9 Å². The van der Waals surface area contributed by atoms with Crippen molar-refractivity contribution in [2.75, 3.05) is 18.4 Å². The highest BCUT2D eigenvalue weighted by Gasteiger charge is 2.20. The summed E-state index contributed by atoms with van der Waals surface area (Å²) in [5.74, 6) is -0.335. The van der Waals surface area contributed by atoms with Crippen LogP contribution in [0.1, 0.15) is 47.2 Å². The van der Waals surface area contributed by atoms with Gasteiger partial charge in [-0.05, 0) is 55.8 Å². The van der Waals surface area contributed by atoms with Gasteiger partial charge in [-0.1, -0.05) is 54.8 Å². The van der Waals surface area contributed by atoms with E-state index in [1.54, 1.807) is 18.2 Å². The molecule has 1 heterocycles. The fourth-order valence-electron chi connectivity index (χ4n) is 3.38. The van der Waals surface area contributed by atoms with E-state index in [4.69, 9.17) is 12.2 Å². The second-order valence-corrected chi connectivity index (χ2v) is 7.85. The molecule has 1 aliphatic rings. The van der Waals surface area contributed by atoms with Crippen LogP contribution in [0.2, 0.25) is 0 Å². The Morgan fingerprint density at radius 1 is 0.967 bits per heavy atom. The Balaban J connectivity index is 1.61. The fourth-order valence-corrected chi connectivity index (χ4v) is 3.59. The van der Waals surface area contributed by atoms with Crippen LogP contribution in [0.25, 0.3) is 6.08 Å². The molecule has 0 spiro atoms. The maximum absolute atomic E-state index is 13.0. The highest BCUT2D eigenvalue weighted by atomic mass is 32.1. The van der Waals surface area contributed by atoms with E-state index < -0.39 is 0 Å². The third-order valence-corrected chi connectivity index (χ3v) is 5.24. The van der Waals surface area contributed by atoms with Gasteiger partial charge >= 0.3 is 0 Å². The first-order valence-electron chi connectivity index (χ1n) is 10.3. The van der Waals surface area contributed by atoms with Gasteiger partial charge in [-0.25, -0.2) is 0 Å². The maximum Gasteiger partial charge on any atom is 0.255 e. The molecule has 5 nitrogen and oxygen atoms in total. The molecule has 30 heavy (non-hydrogen) atoms. The summed E-state index contributed by atoms with van der Waals surface area (Å²) >= 11 is 5.28. The summed E-state index contributed by atoms with van der Waals surface area (Å²) in [4.78, 5) is 27.1. The first kappa shape index (κ1) is 21.7. The number of nitrogens with zero attached hydrogens (tertiary/aromatic N) is 1. The Kier molecular flexibility index (Phi) is 7.74. The van der Waals surface area contributed by atoms with Crippen LogP contribution in [-0.2, 0) is 4.79 Å². The number of aryl methyl sites for hydroxylation is 1. The Morgan fingerprint density at radius 3 is 2.33 bits per heavy atom. The third kappa shape index (κ3) is 6.26. The average Bonchev–Trinajstić information content (AvgIpc) is 3.03. The molecule has 0 radical (unpaired) electrons. The van der Waals surface area contributed by atoms with Crippen molar-refractivity contribution >= 4 is 40.9 Å². The Morgan fingerprint density at radius 2 is 1.63 bits per heavy atom. The molecule has 0 aromatic heterocycles. The molecule has 3 rings (SSSR count). The van der Waals surface area contributed by atoms with Gasteiger partial charge in [-0.15, -0.1) is 0 Å². The van der Waals surface area contributed by atoms with Gasteiger partial charge in [0.1, 0.15) is 0 Å². The highest BCUT2D eigenvalue weighted by Crippen LogP contribution is 2.20. The van der Waals surface area contributed by atoms with Crippen LogP contribution in [-0.4, -0.2) is 34.9 Å². The lowest BCUT2D eigenvalue weighted by Crippen LogP contribution is -2.35. The van der Waals surface area contributed by atoms with Crippen LogP contribution in [0.15, 0.2) is 54.6 Å². The van der Waals surface area contributed by atoms with Gasteiger partial charge in [0.2, 0.25) is 5.91 Å². The minimum atomic E-state index is -0.329. The van der Waals surface area contributed by atoms with Gasteiger partial charge in [0.25, 0.3) is 5.91 Å². The summed E-state index contributed by atoms with van der Waals surface area (Å²) in [6.45, 7) is 3.57. The van der Waals surface area contributed by atoms with Gasteiger partial charge in [-0.3, -0.25) is 14.9 Å². The minimum Gasteiger partial charge on any atom is -0.339 e. The van der Waals surface area contributed by atoms with Crippen LogP contribution >= 0.6 is 12.2 Å². The molecule has 2 aromatic rings. The van der Waals surface area contributed by atoms with E-state index in [2.05, 4.69) is 10.6 Å². The lowest BCUT2D eigenvalue weighted by Gasteiger charge is -2.22. The predicted octanol–water partition coefficient (Wildman–Crippen LogP) is 4.54. The number of rotatable bonds is 4. The first-order chi connectivity index (χ1) is 14.5. The van der Waals surface area contributed by atoms with Gasteiger partial charge in [-0.2, -0.15) is 0 Å². The van der Waals surface area contributed by atoms with Crippen molar-refractivity contribution in [2.45, 2.75) is 32.6 Å². The van der Waals surface area contributed by atoms with Crippen molar-refractivity contribution < 1.29 is 9.59 Å². The van der Waals surface area contributed by atoms with E-state index in [-0.39, 0.29) is 16.9 Å². The number of likely N-dealkylation sites (tertiary alicyclic amines) is 1. The Bertz CT molecular complexity index is 930. The van der Waals surface area contributed by atoms with Gasteiger partial charge in [0.05, 0.1) is 11.3 Å². The van der Waals surface area contributed by atoms with Crippen molar-refractivity contribution in [2.24, 2.45) is 0 Å². The lowest BCUT2D eigenvalue weighted by atomic mass is 10.1. The molecule has 1 aliphatic heterocycles. The van der Waals surface area contributed by atoms with E-state index in [1.807, 2.05) is 48.2 Å². The molecule has 1 saturated heterocycles. The quantitative estimate of drug-likeness (QED) is 0.562.